The van der Waals surface area contributed by atoms with Crippen molar-refractivity contribution in [2.45, 2.75) is 26.3 Å². The van der Waals surface area contributed by atoms with Crippen LogP contribution in [0.1, 0.15) is 20.3 Å². The second-order valence-electron chi connectivity index (χ2n) is 6.75. The molecule has 3 heterocycles. The van der Waals surface area contributed by atoms with Crippen LogP contribution in [-0.2, 0) is 9.59 Å². The lowest BCUT2D eigenvalue weighted by atomic mass is 10.1. The molecule has 3 rings (SSSR count). The minimum Gasteiger partial charge on any atom is -0.481 e. The Labute approximate surface area is 147 Å². The summed E-state index contributed by atoms with van der Waals surface area (Å²) in [4.78, 5) is 39.1. The molecule has 136 valence electrons. The number of rotatable bonds is 4. The number of ether oxygens (including phenoxy) is 1. The smallest absolute Gasteiger partial charge is 0.228 e. The molecular weight excluding hydrogens is 322 g/mol. The Kier molecular flexibility index (Phi) is 5.06. The molecule has 25 heavy (non-hydrogen) atoms. The highest BCUT2D eigenvalue weighted by Crippen LogP contribution is 2.23. The summed E-state index contributed by atoms with van der Waals surface area (Å²) in [5.74, 6) is 1.10. The van der Waals surface area contributed by atoms with Crippen molar-refractivity contribution in [2.24, 2.45) is 5.92 Å². The van der Waals surface area contributed by atoms with Crippen molar-refractivity contribution in [3.8, 4) is 5.88 Å². The van der Waals surface area contributed by atoms with Gasteiger partial charge >= 0.3 is 0 Å². The topological polar surface area (TPSA) is 78.9 Å². The first-order valence-electron chi connectivity index (χ1n) is 8.70. The van der Waals surface area contributed by atoms with E-state index in [0.717, 1.165) is 0 Å². The molecule has 0 saturated carbocycles. The quantitative estimate of drug-likeness (QED) is 0.784. The van der Waals surface area contributed by atoms with Crippen molar-refractivity contribution in [1.29, 1.82) is 0 Å². The van der Waals surface area contributed by atoms with Gasteiger partial charge in [-0.15, -0.1) is 0 Å². The summed E-state index contributed by atoms with van der Waals surface area (Å²) in [6, 6.07) is 1.85. The van der Waals surface area contributed by atoms with Gasteiger partial charge in [-0.3, -0.25) is 9.59 Å². The van der Waals surface area contributed by atoms with Gasteiger partial charge in [0.25, 0.3) is 0 Å². The summed E-state index contributed by atoms with van der Waals surface area (Å²) >= 11 is 0. The van der Waals surface area contributed by atoms with Crippen LogP contribution < -0.4 is 9.64 Å². The maximum atomic E-state index is 12.7. The standard InChI is InChI=1S/C17H25N5O3/c1-12(2)22-11-13(10-15(22)23)16(24)20-6-8-21(9-7-20)17-18-5-4-14(19-17)25-3/h4-5,12-13H,6-11H2,1-3H3/t13-/m1/s1. The molecule has 0 unspecified atom stereocenters. The van der Waals surface area contributed by atoms with Gasteiger partial charge in [0.05, 0.1) is 13.0 Å². The van der Waals surface area contributed by atoms with Gasteiger partial charge in [0, 0.05) is 57.4 Å². The summed E-state index contributed by atoms with van der Waals surface area (Å²) in [6.45, 7) is 7.09. The van der Waals surface area contributed by atoms with Crippen LogP contribution in [-0.4, -0.2) is 77.5 Å². The Bertz CT molecular complexity index is 643. The highest BCUT2D eigenvalue weighted by Gasteiger charge is 2.38. The molecule has 2 fully saturated rings. The number of methoxy groups -OCH3 is 1. The number of carbonyl (C=O) groups is 2. The zero-order valence-corrected chi connectivity index (χ0v) is 15.0. The molecule has 8 nitrogen and oxygen atoms in total. The van der Waals surface area contributed by atoms with Crippen LogP contribution in [0.25, 0.3) is 0 Å². The van der Waals surface area contributed by atoms with E-state index in [-0.39, 0.29) is 23.8 Å². The van der Waals surface area contributed by atoms with Gasteiger partial charge in [-0.25, -0.2) is 4.98 Å². The fourth-order valence-corrected chi connectivity index (χ4v) is 3.38. The van der Waals surface area contributed by atoms with Gasteiger partial charge in [0.2, 0.25) is 23.6 Å². The first kappa shape index (κ1) is 17.4. The molecule has 0 aromatic carbocycles. The predicted octanol–water partition coefficient (Wildman–Crippen LogP) is 0.391. The Morgan fingerprint density at radius 2 is 2.00 bits per heavy atom. The van der Waals surface area contributed by atoms with Gasteiger partial charge in [-0.05, 0) is 13.8 Å². The minimum absolute atomic E-state index is 0.0803. The molecule has 2 aliphatic heterocycles. The largest absolute Gasteiger partial charge is 0.481 e. The highest BCUT2D eigenvalue weighted by atomic mass is 16.5. The van der Waals surface area contributed by atoms with E-state index in [0.29, 0.717) is 51.0 Å². The monoisotopic (exact) mass is 347 g/mol. The van der Waals surface area contributed by atoms with E-state index >= 15 is 0 Å². The number of hydrogen-bond donors (Lipinski definition) is 0. The third-order valence-electron chi connectivity index (χ3n) is 4.83. The Balaban J connectivity index is 1.57. The van der Waals surface area contributed by atoms with E-state index in [1.54, 1.807) is 24.3 Å². The van der Waals surface area contributed by atoms with E-state index in [9.17, 15) is 9.59 Å². The molecule has 0 spiro atoms. The second-order valence-corrected chi connectivity index (χ2v) is 6.75. The molecule has 0 aliphatic carbocycles. The summed E-state index contributed by atoms with van der Waals surface area (Å²) in [5.41, 5.74) is 0. The average Bonchev–Trinajstić information content (AvgIpc) is 3.03. The normalized spacial score (nSPS) is 21.2. The lowest BCUT2D eigenvalue weighted by Crippen LogP contribution is -2.51. The van der Waals surface area contributed by atoms with Crippen LogP contribution in [0.4, 0.5) is 5.95 Å². The Morgan fingerprint density at radius 1 is 1.28 bits per heavy atom. The maximum absolute atomic E-state index is 12.7. The molecule has 0 radical (unpaired) electrons. The second kappa shape index (κ2) is 7.25. The van der Waals surface area contributed by atoms with Crippen molar-refractivity contribution in [2.75, 3.05) is 44.7 Å². The summed E-state index contributed by atoms with van der Waals surface area (Å²) in [7, 11) is 1.58. The van der Waals surface area contributed by atoms with Crippen molar-refractivity contribution in [3.63, 3.8) is 0 Å². The fraction of sp³-hybridized carbons (Fsp3) is 0.647. The molecule has 2 aliphatic rings. The SMILES string of the molecule is COc1ccnc(N2CCN(C(=O)[C@@H]3CC(=O)N(C(C)C)C3)CC2)n1. The molecular formula is C17H25N5O3. The number of likely N-dealkylation sites (tertiary alicyclic amines) is 1. The number of carbonyl (C=O) groups excluding carboxylic acids is 2. The first-order chi connectivity index (χ1) is 12.0. The third-order valence-corrected chi connectivity index (χ3v) is 4.83. The number of aromatic nitrogens is 2. The third kappa shape index (κ3) is 3.67. The summed E-state index contributed by atoms with van der Waals surface area (Å²) in [6.07, 6.45) is 2.00. The van der Waals surface area contributed by atoms with Crippen molar-refractivity contribution in [1.82, 2.24) is 19.8 Å². The van der Waals surface area contributed by atoms with Crippen LogP contribution in [0.5, 0.6) is 5.88 Å². The molecule has 1 aromatic rings. The van der Waals surface area contributed by atoms with Gasteiger partial charge in [-0.1, -0.05) is 0 Å². The first-order valence-corrected chi connectivity index (χ1v) is 8.70. The van der Waals surface area contributed by atoms with Gasteiger partial charge in [0.1, 0.15) is 0 Å². The number of piperazine rings is 1. The van der Waals surface area contributed by atoms with E-state index in [1.807, 2.05) is 23.6 Å². The molecule has 0 bridgehead atoms. The number of anilines is 1. The van der Waals surface area contributed by atoms with Crippen LogP contribution in [0.15, 0.2) is 12.3 Å². The molecule has 8 heteroatoms. The zero-order valence-electron chi connectivity index (χ0n) is 15.0. The molecule has 0 N–H and O–H groups in total. The van der Waals surface area contributed by atoms with Crippen LogP contribution in [0, 0.1) is 5.92 Å². The lowest BCUT2D eigenvalue weighted by molar-refractivity contribution is -0.136. The number of hydrogen-bond acceptors (Lipinski definition) is 6. The number of nitrogens with zero attached hydrogens (tertiary/aromatic N) is 5. The summed E-state index contributed by atoms with van der Waals surface area (Å²) in [5, 5.41) is 0. The van der Waals surface area contributed by atoms with Crippen LogP contribution in [0.3, 0.4) is 0 Å². The van der Waals surface area contributed by atoms with Crippen LogP contribution in [0.2, 0.25) is 0 Å². The molecule has 1 atom stereocenters. The zero-order chi connectivity index (χ0) is 18.0. The van der Waals surface area contributed by atoms with Crippen molar-refractivity contribution in [3.05, 3.63) is 12.3 Å². The van der Waals surface area contributed by atoms with Crippen molar-refractivity contribution >= 4 is 17.8 Å². The molecule has 2 amide bonds. The Morgan fingerprint density at radius 3 is 2.60 bits per heavy atom. The summed E-state index contributed by atoms with van der Waals surface area (Å²) < 4.78 is 5.13. The van der Waals surface area contributed by atoms with E-state index < -0.39 is 0 Å². The average molecular weight is 347 g/mol. The Hall–Kier alpha value is -2.38. The number of amides is 2. The van der Waals surface area contributed by atoms with Crippen molar-refractivity contribution < 1.29 is 14.3 Å². The van der Waals surface area contributed by atoms with Gasteiger partial charge in [0.15, 0.2) is 0 Å². The lowest BCUT2D eigenvalue weighted by Gasteiger charge is -2.35. The fourth-order valence-electron chi connectivity index (χ4n) is 3.38. The van der Waals surface area contributed by atoms with E-state index in [1.165, 1.54) is 0 Å². The van der Waals surface area contributed by atoms with E-state index in [2.05, 4.69) is 9.97 Å². The van der Waals surface area contributed by atoms with Crippen LogP contribution >= 0.6 is 0 Å². The molecule has 1 aromatic heterocycles. The van der Waals surface area contributed by atoms with E-state index in [4.69, 9.17) is 4.74 Å². The minimum atomic E-state index is -0.213. The molecule has 2 saturated heterocycles. The van der Waals surface area contributed by atoms with Gasteiger partial charge < -0.3 is 19.4 Å². The highest BCUT2D eigenvalue weighted by molar-refractivity contribution is 5.89. The van der Waals surface area contributed by atoms with Gasteiger partial charge in [-0.2, -0.15) is 4.98 Å². The maximum Gasteiger partial charge on any atom is 0.228 e. The predicted molar refractivity (Wildman–Crippen MR) is 92.3 cm³/mol.